The average Bonchev–Trinajstić information content (AvgIpc) is 3.14. The molecule has 3 heterocycles. The predicted molar refractivity (Wildman–Crippen MR) is 88.1 cm³/mol. The highest BCUT2D eigenvalue weighted by Gasteiger charge is 2.38. The number of amides is 1. The zero-order valence-corrected chi connectivity index (χ0v) is 14.4. The number of carbonyl (C=O) groups excluding carboxylic acids is 1. The van der Waals surface area contributed by atoms with Gasteiger partial charge in [0.15, 0.2) is 0 Å². The standard InChI is InChI=1S/C17H31N3O3/c1-12-9-19(10-13(2)22-12)11-14-4-3-7-20(14)17(21)16-6-5-15(8-18)23-16/h12-16H,3-11,18H2,1-2H3/t12?,13?,14?,15-,16+/m1/s1. The number of hydrogen-bond acceptors (Lipinski definition) is 5. The first-order chi connectivity index (χ1) is 11.1. The summed E-state index contributed by atoms with van der Waals surface area (Å²) in [5.74, 6) is 0.179. The fourth-order valence-corrected chi connectivity index (χ4v) is 4.29. The van der Waals surface area contributed by atoms with Crippen molar-refractivity contribution in [3.8, 4) is 0 Å². The number of carbonyl (C=O) groups is 1. The lowest BCUT2D eigenvalue weighted by molar-refractivity contribution is -0.144. The van der Waals surface area contributed by atoms with Gasteiger partial charge >= 0.3 is 0 Å². The summed E-state index contributed by atoms with van der Waals surface area (Å²) in [5.41, 5.74) is 5.66. The van der Waals surface area contributed by atoms with Gasteiger partial charge in [0.05, 0.1) is 18.3 Å². The van der Waals surface area contributed by atoms with Crippen LogP contribution in [-0.2, 0) is 14.3 Å². The van der Waals surface area contributed by atoms with Gasteiger partial charge in [-0.1, -0.05) is 0 Å². The topological polar surface area (TPSA) is 68.0 Å². The van der Waals surface area contributed by atoms with Gasteiger partial charge in [-0.05, 0) is 39.5 Å². The molecule has 0 spiro atoms. The zero-order chi connectivity index (χ0) is 16.4. The van der Waals surface area contributed by atoms with Crippen molar-refractivity contribution in [2.75, 3.05) is 32.7 Å². The van der Waals surface area contributed by atoms with Crippen LogP contribution in [0.15, 0.2) is 0 Å². The molecule has 0 saturated carbocycles. The Morgan fingerprint density at radius 2 is 1.87 bits per heavy atom. The maximum atomic E-state index is 12.8. The SMILES string of the molecule is CC1CN(CC2CCCN2C(=O)[C@@H]2CC[C@H](CN)O2)CC(C)O1. The maximum absolute atomic E-state index is 12.8. The lowest BCUT2D eigenvalue weighted by Crippen LogP contribution is -2.52. The second-order valence-electron chi connectivity index (χ2n) is 7.36. The molecule has 0 radical (unpaired) electrons. The Balaban J connectivity index is 1.56. The first-order valence-electron chi connectivity index (χ1n) is 9.10. The third-order valence-electron chi connectivity index (χ3n) is 5.27. The van der Waals surface area contributed by atoms with Crippen LogP contribution in [0, 0.1) is 0 Å². The molecule has 6 nitrogen and oxygen atoms in total. The molecular weight excluding hydrogens is 294 g/mol. The normalized spacial score (nSPS) is 39.1. The molecule has 23 heavy (non-hydrogen) atoms. The summed E-state index contributed by atoms with van der Waals surface area (Å²) in [6.07, 6.45) is 4.25. The smallest absolute Gasteiger partial charge is 0.252 e. The summed E-state index contributed by atoms with van der Waals surface area (Å²) in [4.78, 5) is 17.3. The molecule has 6 heteroatoms. The van der Waals surface area contributed by atoms with E-state index < -0.39 is 0 Å². The van der Waals surface area contributed by atoms with Crippen molar-refractivity contribution in [1.82, 2.24) is 9.80 Å². The minimum atomic E-state index is -0.272. The van der Waals surface area contributed by atoms with Crippen molar-refractivity contribution in [2.24, 2.45) is 5.73 Å². The first-order valence-corrected chi connectivity index (χ1v) is 9.10. The molecule has 5 atom stereocenters. The maximum Gasteiger partial charge on any atom is 0.252 e. The Bertz CT molecular complexity index is 410. The van der Waals surface area contributed by atoms with Crippen LogP contribution in [0.3, 0.4) is 0 Å². The fraction of sp³-hybridized carbons (Fsp3) is 0.941. The molecule has 3 unspecified atom stereocenters. The van der Waals surface area contributed by atoms with Crippen LogP contribution in [0.1, 0.15) is 39.5 Å². The largest absolute Gasteiger partial charge is 0.373 e. The fourth-order valence-electron chi connectivity index (χ4n) is 4.29. The summed E-state index contributed by atoms with van der Waals surface area (Å²) in [6, 6.07) is 0.320. The quantitative estimate of drug-likeness (QED) is 0.819. The molecule has 3 rings (SSSR count). The molecule has 0 aromatic rings. The van der Waals surface area contributed by atoms with Crippen molar-refractivity contribution in [2.45, 2.75) is 70.0 Å². The summed E-state index contributed by atoms with van der Waals surface area (Å²) in [6.45, 7) is 8.49. The van der Waals surface area contributed by atoms with Crippen molar-refractivity contribution in [3.05, 3.63) is 0 Å². The Labute approximate surface area is 139 Å². The monoisotopic (exact) mass is 325 g/mol. The van der Waals surface area contributed by atoms with Gasteiger partial charge in [0.2, 0.25) is 0 Å². The van der Waals surface area contributed by atoms with Gasteiger partial charge in [-0.3, -0.25) is 9.69 Å². The van der Waals surface area contributed by atoms with E-state index in [0.29, 0.717) is 12.6 Å². The Morgan fingerprint density at radius 1 is 1.13 bits per heavy atom. The lowest BCUT2D eigenvalue weighted by Gasteiger charge is -2.38. The molecule has 1 amide bonds. The number of nitrogens with zero attached hydrogens (tertiary/aromatic N) is 2. The molecular formula is C17H31N3O3. The van der Waals surface area contributed by atoms with E-state index in [4.69, 9.17) is 15.2 Å². The van der Waals surface area contributed by atoms with Crippen molar-refractivity contribution in [3.63, 3.8) is 0 Å². The number of morpholine rings is 1. The lowest BCUT2D eigenvalue weighted by atomic mass is 10.1. The van der Waals surface area contributed by atoms with Crippen LogP contribution < -0.4 is 5.73 Å². The van der Waals surface area contributed by atoms with E-state index in [1.807, 2.05) is 0 Å². The van der Waals surface area contributed by atoms with Gasteiger partial charge in [-0.2, -0.15) is 0 Å². The highest BCUT2D eigenvalue weighted by molar-refractivity contribution is 5.81. The molecule has 3 aliphatic heterocycles. The van der Waals surface area contributed by atoms with Gasteiger partial charge in [-0.25, -0.2) is 0 Å². The highest BCUT2D eigenvalue weighted by atomic mass is 16.5. The Hall–Kier alpha value is -0.690. The minimum Gasteiger partial charge on any atom is -0.373 e. The average molecular weight is 325 g/mol. The van der Waals surface area contributed by atoms with E-state index in [2.05, 4.69) is 23.6 Å². The second-order valence-corrected chi connectivity index (χ2v) is 7.36. The van der Waals surface area contributed by atoms with Crippen LogP contribution in [0.5, 0.6) is 0 Å². The number of nitrogens with two attached hydrogens (primary N) is 1. The summed E-state index contributed by atoms with van der Waals surface area (Å²) in [5, 5.41) is 0. The van der Waals surface area contributed by atoms with E-state index in [9.17, 15) is 4.79 Å². The first kappa shape index (κ1) is 17.1. The van der Waals surface area contributed by atoms with Crippen molar-refractivity contribution < 1.29 is 14.3 Å². The number of likely N-dealkylation sites (tertiary alicyclic amines) is 1. The summed E-state index contributed by atoms with van der Waals surface area (Å²) in [7, 11) is 0. The van der Waals surface area contributed by atoms with Crippen molar-refractivity contribution in [1.29, 1.82) is 0 Å². The molecule has 0 bridgehead atoms. The Morgan fingerprint density at radius 3 is 2.52 bits per heavy atom. The van der Waals surface area contributed by atoms with Crippen LogP contribution in [0.4, 0.5) is 0 Å². The predicted octanol–water partition coefficient (Wildman–Crippen LogP) is 0.593. The van der Waals surface area contributed by atoms with E-state index in [1.54, 1.807) is 0 Å². The zero-order valence-electron chi connectivity index (χ0n) is 14.4. The van der Waals surface area contributed by atoms with Crippen LogP contribution in [0.2, 0.25) is 0 Å². The van der Waals surface area contributed by atoms with Gasteiger partial charge in [0, 0.05) is 38.8 Å². The minimum absolute atomic E-state index is 0.0611. The molecule has 0 aromatic carbocycles. The molecule has 3 fully saturated rings. The Kier molecular flexibility index (Phi) is 5.57. The van der Waals surface area contributed by atoms with E-state index in [-0.39, 0.29) is 30.3 Å². The van der Waals surface area contributed by atoms with E-state index >= 15 is 0 Å². The number of rotatable bonds is 4. The van der Waals surface area contributed by atoms with Crippen LogP contribution in [0.25, 0.3) is 0 Å². The van der Waals surface area contributed by atoms with Crippen molar-refractivity contribution >= 4 is 5.91 Å². The molecule has 132 valence electrons. The summed E-state index contributed by atoms with van der Waals surface area (Å²) < 4.78 is 11.6. The number of hydrogen-bond donors (Lipinski definition) is 1. The van der Waals surface area contributed by atoms with E-state index in [1.165, 1.54) is 0 Å². The molecule has 3 saturated heterocycles. The van der Waals surface area contributed by atoms with E-state index in [0.717, 1.165) is 51.9 Å². The summed E-state index contributed by atoms with van der Waals surface area (Å²) >= 11 is 0. The van der Waals surface area contributed by atoms with Gasteiger partial charge < -0.3 is 20.1 Å². The third-order valence-corrected chi connectivity index (χ3v) is 5.27. The molecule has 2 N–H and O–H groups in total. The van der Waals surface area contributed by atoms with Gasteiger partial charge in [-0.15, -0.1) is 0 Å². The molecule has 0 aliphatic carbocycles. The molecule has 0 aromatic heterocycles. The third kappa shape index (κ3) is 4.05. The van der Waals surface area contributed by atoms with Crippen LogP contribution >= 0.6 is 0 Å². The number of ether oxygens (including phenoxy) is 2. The van der Waals surface area contributed by atoms with Crippen LogP contribution in [-0.4, -0.2) is 78.9 Å². The highest BCUT2D eigenvalue weighted by Crippen LogP contribution is 2.26. The second kappa shape index (κ2) is 7.47. The van der Waals surface area contributed by atoms with Gasteiger partial charge in [0.25, 0.3) is 5.91 Å². The van der Waals surface area contributed by atoms with Gasteiger partial charge in [0.1, 0.15) is 6.10 Å². The molecule has 3 aliphatic rings.